The number of halogens is 1. The van der Waals surface area contributed by atoms with E-state index in [4.69, 9.17) is 0 Å². The van der Waals surface area contributed by atoms with Gasteiger partial charge in [-0.1, -0.05) is 6.92 Å². The van der Waals surface area contributed by atoms with E-state index in [9.17, 15) is 13.2 Å². The van der Waals surface area contributed by atoms with Crippen molar-refractivity contribution in [2.45, 2.75) is 32.2 Å². The summed E-state index contributed by atoms with van der Waals surface area (Å²) in [5, 5.41) is 3.04. The van der Waals surface area contributed by atoms with Crippen LogP contribution in [0.4, 0.5) is 0 Å². The van der Waals surface area contributed by atoms with Crippen molar-refractivity contribution in [3.8, 4) is 0 Å². The summed E-state index contributed by atoms with van der Waals surface area (Å²) in [5.74, 6) is -0.471. The number of likely N-dealkylation sites (tertiary alicyclic amines) is 1. The lowest BCUT2D eigenvalue weighted by atomic mass is 10.2. The van der Waals surface area contributed by atoms with Crippen molar-refractivity contribution >= 4 is 28.2 Å². The molecule has 0 aromatic heterocycles. The zero-order chi connectivity index (χ0) is 12.9. The first-order chi connectivity index (χ1) is 8.00. The number of carbonyl (C=O) groups is 1. The normalized spacial score (nSPS) is 19.7. The van der Waals surface area contributed by atoms with E-state index in [1.54, 1.807) is 4.90 Å². The quantitative estimate of drug-likeness (QED) is 0.773. The van der Waals surface area contributed by atoms with E-state index < -0.39 is 9.84 Å². The minimum absolute atomic E-state index is 0. The summed E-state index contributed by atoms with van der Waals surface area (Å²) >= 11 is 0. The van der Waals surface area contributed by atoms with E-state index in [2.05, 4.69) is 5.32 Å². The Morgan fingerprint density at radius 2 is 2.11 bits per heavy atom. The van der Waals surface area contributed by atoms with Gasteiger partial charge in [0.1, 0.15) is 5.75 Å². The molecule has 18 heavy (non-hydrogen) atoms. The molecular weight excluding hydrogens is 276 g/mol. The minimum atomic E-state index is -3.22. The van der Waals surface area contributed by atoms with Crippen LogP contribution < -0.4 is 5.32 Å². The molecule has 1 unspecified atom stereocenters. The summed E-state index contributed by atoms with van der Waals surface area (Å²) < 4.78 is 23.2. The van der Waals surface area contributed by atoms with Crippen molar-refractivity contribution in [1.82, 2.24) is 10.2 Å². The van der Waals surface area contributed by atoms with Crippen molar-refractivity contribution in [3.05, 3.63) is 0 Å². The molecule has 0 bridgehead atoms. The van der Waals surface area contributed by atoms with Gasteiger partial charge in [-0.15, -0.1) is 12.4 Å². The lowest BCUT2D eigenvalue weighted by Crippen LogP contribution is -2.43. The van der Waals surface area contributed by atoms with Crippen LogP contribution >= 0.6 is 12.4 Å². The van der Waals surface area contributed by atoms with Crippen molar-refractivity contribution in [2.24, 2.45) is 0 Å². The van der Waals surface area contributed by atoms with Gasteiger partial charge in [0.25, 0.3) is 0 Å². The first-order valence-electron chi connectivity index (χ1n) is 6.14. The second-order valence-electron chi connectivity index (χ2n) is 4.53. The Balaban J connectivity index is 0.00000289. The van der Waals surface area contributed by atoms with Crippen LogP contribution in [0.15, 0.2) is 0 Å². The standard InChI is InChI=1S/C11H22N2O3S.ClH/c1-3-7-17(15,16)9-11(14)13-6-4-5-10(13)8-12-2;/h10,12H,3-9H2,1-2H3;1H. The lowest BCUT2D eigenvalue weighted by molar-refractivity contribution is -0.129. The average Bonchev–Trinajstić information content (AvgIpc) is 2.65. The molecule has 7 heteroatoms. The van der Waals surface area contributed by atoms with Crippen LogP contribution in [-0.2, 0) is 14.6 Å². The van der Waals surface area contributed by atoms with Gasteiger partial charge >= 0.3 is 0 Å². The van der Waals surface area contributed by atoms with Crippen LogP contribution in [0, 0.1) is 0 Å². The Bertz CT molecular complexity index is 359. The van der Waals surface area contributed by atoms with Crippen LogP contribution in [0.5, 0.6) is 0 Å². The van der Waals surface area contributed by atoms with Gasteiger partial charge in [0.05, 0.1) is 5.75 Å². The molecule has 1 rings (SSSR count). The zero-order valence-electron chi connectivity index (χ0n) is 11.0. The highest BCUT2D eigenvalue weighted by atomic mass is 35.5. The summed E-state index contributed by atoms with van der Waals surface area (Å²) in [4.78, 5) is 13.7. The molecule has 1 aliphatic rings. The summed E-state index contributed by atoms with van der Waals surface area (Å²) in [6.45, 7) is 3.23. The molecule has 1 atom stereocenters. The van der Waals surface area contributed by atoms with Crippen LogP contribution in [0.2, 0.25) is 0 Å². The van der Waals surface area contributed by atoms with Crippen LogP contribution in [0.1, 0.15) is 26.2 Å². The van der Waals surface area contributed by atoms with E-state index >= 15 is 0 Å². The third-order valence-corrected chi connectivity index (χ3v) is 4.71. The molecule has 1 fully saturated rings. The first kappa shape index (κ1) is 17.7. The number of nitrogens with zero attached hydrogens (tertiary/aromatic N) is 1. The maximum atomic E-state index is 11.9. The van der Waals surface area contributed by atoms with Gasteiger partial charge in [0.15, 0.2) is 9.84 Å². The Kier molecular flexibility index (Phi) is 7.82. The third kappa shape index (κ3) is 5.12. The zero-order valence-corrected chi connectivity index (χ0v) is 12.6. The number of likely N-dealkylation sites (N-methyl/N-ethyl adjacent to an activating group) is 1. The smallest absolute Gasteiger partial charge is 0.238 e. The molecule has 0 saturated carbocycles. The fraction of sp³-hybridized carbons (Fsp3) is 0.909. The monoisotopic (exact) mass is 298 g/mol. The van der Waals surface area contributed by atoms with E-state index in [0.717, 1.165) is 19.4 Å². The largest absolute Gasteiger partial charge is 0.338 e. The van der Waals surface area contributed by atoms with E-state index in [-0.39, 0.29) is 35.9 Å². The molecule has 1 saturated heterocycles. The SMILES string of the molecule is CCCS(=O)(=O)CC(=O)N1CCCC1CNC.Cl. The Morgan fingerprint density at radius 3 is 2.67 bits per heavy atom. The maximum absolute atomic E-state index is 11.9. The molecule has 1 heterocycles. The lowest BCUT2D eigenvalue weighted by Gasteiger charge is -2.24. The average molecular weight is 299 g/mol. The predicted molar refractivity (Wildman–Crippen MR) is 74.9 cm³/mol. The number of hydrogen-bond donors (Lipinski definition) is 1. The number of sulfone groups is 1. The van der Waals surface area contributed by atoms with Gasteiger partial charge < -0.3 is 10.2 Å². The Hall–Kier alpha value is -0.330. The van der Waals surface area contributed by atoms with Crippen molar-refractivity contribution < 1.29 is 13.2 Å². The van der Waals surface area contributed by atoms with Gasteiger partial charge in [-0.05, 0) is 26.3 Å². The second-order valence-corrected chi connectivity index (χ2v) is 6.72. The predicted octanol–water partition coefficient (Wildman–Crippen LogP) is 0.443. The van der Waals surface area contributed by atoms with Crippen LogP contribution in [0.3, 0.4) is 0 Å². The number of carbonyl (C=O) groups excluding carboxylic acids is 1. The molecular formula is C11H23ClN2O3S. The van der Waals surface area contributed by atoms with E-state index in [1.165, 1.54) is 0 Å². The summed E-state index contributed by atoms with van der Waals surface area (Å²) in [6.07, 6.45) is 2.49. The van der Waals surface area contributed by atoms with Crippen molar-refractivity contribution in [1.29, 1.82) is 0 Å². The summed E-state index contributed by atoms with van der Waals surface area (Å²) in [7, 11) is -1.38. The van der Waals surface area contributed by atoms with E-state index in [0.29, 0.717) is 13.0 Å². The maximum Gasteiger partial charge on any atom is 0.238 e. The number of amides is 1. The van der Waals surface area contributed by atoms with Gasteiger partial charge in [-0.3, -0.25) is 4.79 Å². The Labute approximate surface area is 116 Å². The molecule has 5 nitrogen and oxygen atoms in total. The summed E-state index contributed by atoms with van der Waals surface area (Å²) in [5.41, 5.74) is 0. The molecule has 0 radical (unpaired) electrons. The fourth-order valence-corrected chi connectivity index (χ4v) is 3.57. The van der Waals surface area contributed by atoms with Gasteiger partial charge in [-0.25, -0.2) is 8.42 Å². The van der Waals surface area contributed by atoms with Crippen LogP contribution in [0.25, 0.3) is 0 Å². The Morgan fingerprint density at radius 1 is 1.44 bits per heavy atom. The van der Waals surface area contributed by atoms with Gasteiger partial charge in [0.2, 0.25) is 5.91 Å². The molecule has 0 spiro atoms. The third-order valence-electron chi connectivity index (χ3n) is 3.00. The fourth-order valence-electron chi connectivity index (χ4n) is 2.27. The van der Waals surface area contributed by atoms with Gasteiger partial charge in [0, 0.05) is 19.1 Å². The highest BCUT2D eigenvalue weighted by molar-refractivity contribution is 7.92. The molecule has 1 amide bonds. The first-order valence-corrected chi connectivity index (χ1v) is 7.96. The highest BCUT2D eigenvalue weighted by Crippen LogP contribution is 2.17. The second kappa shape index (κ2) is 7.96. The van der Waals surface area contributed by atoms with Gasteiger partial charge in [-0.2, -0.15) is 0 Å². The van der Waals surface area contributed by atoms with Crippen molar-refractivity contribution in [2.75, 3.05) is 31.6 Å². The number of hydrogen-bond acceptors (Lipinski definition) is 4. The topological polar surface area (TPSA) is 66.5 Å². The molecule has 1 N–H and O–H groups in total. The van der Waals surface area contributed by atoms with Crippen molar-refractivity contribution in [3.63, 3.8) is 0 Å². The minimum Gasteiger partial charge on any atom is -0.338 e. The number of nitrogens with one attached hydrogen (secondary N) is 1. The molecule has 0 aromatic carbocycles. The molecule has 1 aliphatic heterocycles. The van der Waals surface area contributed by atoms with Crippen LogP contribution in [-0.4, -0.2) is 56.9 Å². The molecule has 0 aromatic rings. The molecule has 108 valence electrons. The van der Waals surface area contributed by atoms with E-state index in [1.807, 2.05) is 14.0 Å². The molecule has 0 aliphatic carbocycles. The number of rotatable bonds is 6. The summed E-state index contributed by atoms with van der Waals surface area (Å²) in [6, 6.07) is 0.157. The highest BCUT2D eigenvalue weighted by Gasteiger charge is 2.30.